The number of halogens is 4. The molecule has 0 atom stereocenters. The molecule has 2 aliphatic carbocycles. The van der Waals surface area contributed by atoms with Crippen LogP contribution < -0.4 is 11.2 Å². The maximum Gasteiger partial charge on any atom is 0.412 e. The van der Waals surface area contributed by atoms with Gasteiger partial charge in [0, 0.05) is 31.3 Å². The van der Waals surface area contributed by atoms with Crippen molar-refractivity contribution >= 4 is 16.7 Å². The molecule has 0 saturated heterocycles. The van der Waals surface area contributed by atoms with Crippen molar-refractivity contribution in [1.29, 1.82) is 0 Å². The van der Waals surface area contributed by atoms with Gasteiger partial charge in [0.15, 0.2) is 17.0 Å². The topological polar surface area (TPSA) is 82.0 Å². The third kappa shape index (κ3) is 4.28. The Kier molecular flexibility index (Phi) is 6.18. The summed E-state index contributed by atoms with van der Waals surface area (Å²) >= 11 is 0. The molecule has 0 aliphatic heterocycles. The predicted molar refractivity (Wildman–Crippen MR) is 117 cm³/mol. The number of nitrogens with zero attached hydrogens (tertiary/aromatic N) is 4. The highest BCUT2D eigenvalue weighted by Gasteiger charge is 2.34. The molecule has 1 N–H and O–H groups in total. The Bertz CT molecular complexity index is 1490. The Labute approximate surface area is 190 Å². The van der Waals surface area contributed by atoms with Gasteiger partial charge < -0.3 is 9.67 Å². The minimum atomic E-state index is -4.44. The second kappa shape index (κ2) is 8.95. The fraction of sp³-hybridized carbons (Fsp3) is 0.348. The van der Waals surface area contributed by atoms with Gasteiger partial charge in [0.25, 0.3) is 5.56 Å². The minimum absolute atomic E-state index is 0.00321. The fourth-order valence-corrected chi connectivity index (χ4v) is 3.92. The lowest BCUT2D eigenvalue weighted by molar-refractivity contribution is -0.0939. The molecule has 0 spiro atoms. The molecule has 0 unspecified atom stereocenters. The molecular weight excluding hydrogens is 456 g/mol. The summed E-state index contributed by atoms with van der Waals surface area (Å²) in [6.45, 7) is -0.238. The van der Waals surface area contributed by atoms with E-state index in [2.05, 4.69) is 16.4 Å². The molecule has 0 bridgehead atoms. The second-order valence-corrected chi connectivity index (χ2v) is 7.91. The van der Waals surface area contributed by atoms with Gasteiger partial charge in [0.2, 0.25) is 0 Å². The van der Waals surface area contributed by atoms with Gasteiger partial charge in [-0.1, -0.05) is 17.9 Å². The first-order valence-electron chi connectivity index (χ1n) is 10.5. The van der Waals surface area contributed by atoms with Crippen LogP contribution in [0.15, 0.2) is 62.3 Å². The molecule has 0 fully saturated rings. The maximum absolute atomic E-state index is 13.3. The zero-order valence-corrected chi connectivity index (χ0v) is 18.1. The number of imidazole rings is 1. The second-order valence-electron chi connectivity index (χ2n) is 7.91. The third-order valence-corrected chi connectivity index (χ3v) is 5.67. The van der Waals surface area contributed by atoms with Gasteiger partial charge in [-0.25, -0.2) is 9.78 Å². The molecular formula is C23H20F4N4O3. The van der Waals surface area contributed by atoms with Crippen molar-refractivity contribution in [2.45, 2.75) is 38.5 Å². The number of alkyl halides is 3. The number of hydrogen-bond acceptors (Lipinski definition) is 4. The first kappa shape index (κ1) is 23.5. The van der Waals surface area contributed by atoms with Gasteiger partial charge in [-0.2, -0.15) is 17.6 Å². The Hall–Kier alpha value is -3.65. The van der Waals surface area contributed by atoms with Crippen LogP contribution in [0.1, 0.15) is 25.1 Å². The van der Waals surface area contributed by atoms with Crippen molar-refractivity contribution in [1.82, 2.24) is 18.7 Å². The van der Waals surface area contributed by atoms with Crippen LogP contribution in [0.3, 0.4) is 0 Å². The van der Waals surface area contributed by atoms with Crippen LogP contribution in [0, 0.1) is 0 Å². The fourth-order valence-electron chi connectivity index (χ4n) is 3.92. The highest BCUT2D eigenvalue weighted by atomic mass is 19.4. The van der Waals surface area contributed by atoms with Crippen LogP contribution in [-0.2, 0) is 20.1 Å². The number of aromatic nitrogens is 4. The van der Waals surface area contributed by atoms with Crippen LogP contribution in [0.2, 0.25) is 0 Å². The molecule has 11 heteroatoms. The van der Waals surface area contributed by atoms with E-state index in [1.165, 1.54) is 34.4 Å². The summed E-state index contributed by atoms with van der Waals surface area (Å²) in [5, 5.41) is 9.14. The molecule has 2 aliphatic rings. The predicted octanol–water partition coefficient (Wildman–Crippen LogP) is 3.05. The standard InChI is InChI=1S/C23H20F4N4O3/c1-29-20-18(21(33)30(22(29)34)11-2-12-32)31(13-14-3-9-17(24)10-4-14)19(28-20)15-5-7-16(8-6-15)23(25,26)27/h3,5,7,9,32H,2,6,8,11-13H2,1H3. The summed E-state index contributed by atoms with van der Waals surface area (Å²) in [6.07, 6.45) is 0.438. The lowest BCUT2D eigenvalue weighted by atomic mass is 9.97. The van der Waals surface area contributed by atoms with Gasteiger partial charge in [0.05, 0.1) is 6.54 Å². The van der Waals surface area contributed by atoms with Crippen LogP contribution in [0.25, 0.3) is 16.7 Å². The number of aryl methyl sites for hydroxylation is 1. The molecule has 0 amide bonds. The molecule has 2 heterocycles. The zero-order valence-electron chi connectivity index (χ0n) is 18.1. The van der Waals surface area contributed by atoms with Crippen molar-refractivity contribution in [2.75, 3.05) is 6.61 Å². The largest absolute Gasteiger partial charge is 0.412 e. The van der Waals surface area contributed by atoms with E-state index in [0.717, 1.165) is 10.6 Å². The third-order valence-electron chi connectivity index (χ3n) is 5.67. The Balaban J connectivity index is 1.97. The van der Waals surface area contributed by atoms with E-state index >= 15 is 0 Å². The van der Waals surface area contributed by atoms with Gasteiger partial charge in [-0.05, 0) is 42.7 Å². The average molecular weight is 476 g/mol. The van der Waals surface area contributed by atoms with Gasteiger partial charge in [-0.3, -0.25) is 13.9 Å². The Morgan fingerprint density at radius 3 is 2.47 bits per heavy atom. The lowest BCUT2D eigenvalue weighted by Gasteiger charge is -2.18. The van der Waals surface area contributed by atoms with Gasteiger partial charge in [-0.15, -0.1) is 0 Å². The molecule has 4 rings (SSSR count). The number of fused-ring (bicyclic) bond motifs is 1. The molecule has 34 heavy (non-hydrogen) atoms. The van der Waals surface area contributed by atoms with E-state index in [9.17, 15) is 27.2 Å². The molecule has 0 radical (unpaired) electrons. The van der Waals surface area contributed by atoms with Crippen molar-refractivity contribution < 1.29 is 22.7 Å². The SMILES string of the molecule is Cn1c(=O)n(CCCO)c(=O)c2c1nc(C1=CC=C(C(F)(F)F)CC1)n2CC1=C=C=C(F)C=C1. The summed E-state index contributed by atoms with van der Waals surface area (Å²) in [5.74, 6) is -0.384. The molecule has 0 aromatic carbocycles. The summed E-state index contributed by atoms with van der Waals surface area (Å²) in [7, 11) is 1.44. The lowest BCUT2D eigenvalue weighted by Crippen LogP contribution is -2.40. The van der Waals surface area contributed by atoms with E-state index in [0.29, 0.717) is 11.1 Å². The Morgan fingerprint density at radius 1 is 1.12 bits per heavy atom. The number of aliphatic hydroxyl groups excluding tert-OH is 1. The molecule has 7 nitrogen and oxygen atoms in total. The van der Waals surface area contributed by atoms with Gasteiger partial charge in [0.1, 0.15) is 5.82 Å². The van der Waals surface area contributed by atoms with Crippen molar-refractivity contribution in [2.24, 2.45) is 7.05 Å². The number of allylic oxidation sites excluding steroid dienone is 8. The van der Waals surface area contributed by atoms with Crippen molar-refractivity contribution in [3.05, 3.63) is 79.4 Å². The normalized spacial score (nSPS) is 15.9. The molecule has 178 valence electrons. The highest BCUT2D eigenvalue weighted by Crippen LogP contribution is 2.36. The smallest absolute Gasteiger partial charge is 0.396 e. The van der Waals surface area contributed by atoms with Crippen molar-refractivity contribution in [3.8, 4) is 0 Å². The summed E-state index contributed by atoms with van der Waals surface area (Å²) in [6, 6.07) is 0. The summed E-state index contributed by atoms with van der Waals surface area (Å²) < 4.78 is 56.2. The van der Waals surface area contributed by atoms with E-state index < -0.39 is 28.8 Å². The average Bonchev–Trinajstić information content (AvgIpc) is 3.18. The zero-order chi connectivity index (χ0) is 24.6. The van der Waals surface area contributed by atoms with Crippen LogP contribution >= 0.6 is 0 Å². The first-order valence-corrected chi connectivity index (χ1v) is 10.5. The van der Waals surface area contributed by atoms with E-state index in [1.54, 1.807) is 0 Å². The first-order chi connectivity index (χ1) is 16.1. The maximum atomic E-state index is 13.3. The van der Waals surface area contributed by atoms with Crippen LogP contribution in [-0.4, -0.2) is 36.6 Å². The number of aliphatic hydroxyl groups is 1. The summed E-state index contributed by atoms with van der Waals surface area (Å²) in [4.78, 5) is 30.5. The highest BCUT2D eigenvalue weighted by molar-refractivity contribution is 5.77. The quantitative estimate of drug-likeness (QED) is 0.513. The molecule has 2 aromatic heterocycles. The van der Waals surface area contributed by atoms with Crippen molar-refractivity contribution in [3.63, 3.8) is 0 Å². The van der Waals surface area contributed by atoms with E-state index in [4.69, 9.17) is 5.11 Å². The van der Waals surface area contributed by atoms with Crippen LogP contribution in [0.5, 0.6) is 0 Å². The number of rotatable bonds is 6. The van der Waals surface area contributed by atoms with Gasteiger partial charge >= 0.3 is 11.9 Å². The molecule has 0 saturated carbocycles. The molecule has 2 aromatic rings. The van der Waals surface area contributed by atoms with E-state index in [-0.39, 0.29) is 55.9 Å². The Morgan fingerprint density at radius 2 is 1.88 bits per heavy atom. The minimum Gasteiger partial charge on any atom is -0.396 e. The van der Waals surface area contributed by atoms with E-state index in [1.807, 2.05) is 0 Å². The monoisotopic (exact) mass is 476 g/mol. The summed E-state index contributed by atoms with van der Waals surface area (Å²) in [5.41, 5.74) is 4.10. The van der Waals surface area contributed by atoms with Crippen LogP contribution in [0.4, 0.5) is 17.6 Å². The number of hydrogen-bond donors (Lipinski definition) is 1.